The fourth-order valence-electron chi connectivity index (χ4n) is 3.31. The number of benzene rings is 1. The predicted octanol–water partition coefficient (Wildman–Crippen LogP) is 3.09. The molecule has 2 atom stereocenters. The molecular weight excluding hydrogens is 312 g/mol. The van der Waals surface area contributed by atoms with Crippen LogP contribution in [0.15, 0.2) is 35.3 Å². The fraction of sp³-hybridized carbons (Fsp3) is 0.600. The summed E-state index contributed by atoms with van der Waals surface area (Å²) < 4.78 is 0. The Morgan fingerprint density at radius 1 is 1.28 bits per heavy atom. The fourth-order valence-corrected chi connectivity index (χ4v) is 3.31. The van der Waals surface area contributed by atoms with Gasteiger partial charge in [0.05, 0.1) is 6.04 Å². The molecule has 138 valence electrons. The van der Waals surface area contributed by atoms with Crippen LogP contribution in [0.25, 0.3) is 0 Å². The Bertz CT molecular complexity index is 558. The third-order valence-electron chi connectivity index (χ3n) is 4.75. The van der Waals surface area contributed by atoms with Crippen LogP contribution in [0, 0.1) is 0 Å². The second kappa shape index (κ2) is 10.1. The zero-order chi connectivity index (χ0) is 18.1. The number of hydrogen-bond donors (Lipinski definition) is 2. The third-order valence-corrected chi connectivity index (χ3v) is 4.75. The van der Waals surface area contributed by atoms with E-state index in [1.54, 1.807) is 0 Å². The van der Waals surface area contributed by atoms with Crippen LogP contribution < -0.4 is 10.6 Å². The number of nitrogens with one attached hydrogen (secondary N) is 2. The molecule has 1 fully saturated rings. The predicted molar refractivity (Wildman–Crippen MR) is 104 cm³/mol. The second-order valence-corrected chi connectivity index (χ2v) is 6.58. The van der Waals surface area contributed by atoms with Gasteiger partial charge in [-0.3, -0.25) is 9.79 Å². The maximum absolute atomic E-state index is 11.9. The Morgan fingerprint density at radius 2 is 2.04 bits per heavy atom. The Morgan fingerprint density at radius 3 is 2.64 bits per heavy atom. The van der Waals surface area contributed by atoms with Crippen molar-refractivity contribution in [3.05, 3.63) is 35.9 Å². The molecule has 1 amide bonds. The largest absolute Gasteiger partial charge is 0.357 e. The number of carbonyl (C=O) groups is 1. The number of amides is 1. The van der Waals surface area contributed by atoms with Crippen LogP contribution in [0.2, 0.25) is 0 Å². The molecule has 1 aromatic rings. The van der Waals surface area contributed by atoms with E-state index >= 15 is 0 Å². The van der Waals surface area contributed by atoms with Gasteiger partial charge < -0.3 is 15.5 Å². The van der Waals surface area contributed by atoms with Crippen molar-refractivity contribution in [2.75, 3.05) is 19.6 Å². The number of aliphatic imine (C=N–C) groups is 1. The molecule has 2 unspecified atom stereocenters. The van der Waals surface area contributed by atoms with Crippen LogP contribution in [0.4, 0.5) is 0 Å². The summed E-state index contributed by atoms with van der Waals surface area (Å²) >= 11 is 0. The van der Waals surface area contributed by atoms with Gasteiger partial charge in [-0.2, -0.15) is 0 Å². The quantitative estimate of drug-likeness (QED) is 0.563. The average Bonchev–Trinajstić information content (AvgIpc) is 3.05. The summed E-state index contributed by atoms with van der Waals surface area (Å²) in [5.74, 6) is 1.14. The summed E-state index contributed by atoms with van der Waals surface area (Å²) in [5.41, 5.74) is 1.24. The summed E-state index contributed by atoms with van der Waals surface area (Å²) in [5, 5.41) is 6.77. The van der Waals surface area contributed by atoms with Gasteiger partial charge in [0.2, 0.25) is 5.91 Å². The number of nitrogens with zero attached hydrogens (tertiary/aromatic N) is 2. The molecule has 1 aliphatic heterocycles. The highest BCUT2D eigenvalue weighted by molar-refractivity contribution is 5.80. The lowest BCUT2D eigenvalue weighted by Crippen LogP contribution is -2.39. The first-order chi connectivity index (χ1) is 12.2. The van der Waals surface area contributed by atoms with E-state index in [9.17, 15) is 4.79 Å². The number of guanidine groups is 1. The van der Waals surface area contributed by atoms with Crippen molar-refractivity contribution in [2.24, 2.45) is 4.99 Å². The summed E-state index contributed by atoms with van der Waals surface area (Å²) in [7, 11) is 0. The molecule has 5 nitrogen and oxygen atoms in total. The van der Waals surface area contributed by atoms with Gasteiger partial charge in [-0.05, 0) is 38.7 Å². The standard InChI is InChI=1S/C20H32N4O/c1-4-18(24-15-9-12-19(24)25)13-14-22-20(21-5-2)23-16(3)17-10-7-6-8-11-17/h6-8,10-11,16,18H,4-5,9,12-15H2,1-3H3,(H2,21,22,23). The average molecular weight is 345 g/mol. The summed E-state index contributed by atoms with van der Waals surface area (Å²) in [6, 6.07) is 10.9. The Balaban J connectivity index is 1.91. The van der Waals surface area contributed by atoms with Gasteiger partial charge >= 0.3 is 0 Å². The van der Waals surface area contributed by atoms with E-state index in [1.807, 2.05) is 11.0 Å². The molecular formula is C20H32N4O. The lowest BCUT2D eigenvalue weighted by molar-refractivity contribution is -0.129. The molecule has 0 bridgehead atoms. The molecule has 0 aromatic heterocycles. The van der Waals surface area contributed by atoms with Crippen LogP contribution in [-0.4, -0.2) is 42.4 Å². The maximum Gasteiger partial charge on any atom is 0.222 e. The SMILES string of the molecule is CCNC(=NCCC(CC)N1CCCC1=O)NC(C)c1ccccc1. The Kier molecular flexibility index (Phi) is 7.76. The monoisotopic (exact) mass is 344 g/mol. The van der Waals surface area contributed by atoms with Gasteiger partial charge in [-0.1, -0.05) is 37.3 Å². The zero-order valence-electron chi connectivity index (χ0n) is 15.8. The third kappa shape index (κ3) is 5.76. The Hall–Kier alpha value is -2.04. The molecule has 1 saturated heterocycles. The van der Waals surface area contributed by atoms with Crippen molar-refractivity contribution in [1.82, 2.24) is 15.5 Å². The number of rotatable bonds is 8. The zero-order valence-corrected chi connectivity index (χ0v) is 15.8. The van der Waals surface area contributed by atoms with Crippen molar-refractivity contribution in [2.45, 2.75) is 58.5 Å². The molecule has 5 heteroatoms. The first-order valence-corrected chi connectivity index (χ1v) is 9.55. The number of carbonyl (C=O) groups excluding carboxylic acids is 1. The van der Waals surface area contributed by atoms with Gasteiger partial charge in [0.25, 0.3) is 0 Å². The van der Waals surface area contributed by atoms with Crippen molar-refractivity contribution >= 4 is 11.9 Å². The molecule has 1 heterocycles. The summed E-state index contributed by atoms with van der Waals surface area (Å²) in [6.45, 7) is 8.82. The smallest absolute Gasteiger partial charge is 0.222 e. The van der Waals surface area contributed by atoms with E-state index in [4.69, 9.17) is 4.99 Å². The van der Waals surface area contributed by atoms with E-state index in [0.717, 1.165) is 44.9 Å². The van der Waals surface area contributed by atoms with E-state index in [0.29, 0.717) is 18.4 Å². The van der Waals surface area contributed by atoms with Crippen LogP contribution >= 0.6 is 0 Å². The van der Waals surface area contributed by atoms with Crippen LogP contribution in [0.5, 0.6) is 0 Å². The molecule has 1 aliphatic rings. The van der Waals surface area contributed by atoms with Gasteiger partial charge in [-0.15, -0.1) is 0 Å². The van der Waals surface area contributed by atoms with Gasteiger partial charge in [0.1, 0.15) is 0 Å². The number of hydrogen-bond acceptors (Lipinski definition) is 2. The highest BCUT2D eigenvalue weighted by atomic mass is 16.2. The van der Waals surface area contributed by atoms with E-state index < -0.39 is 0 Å². The molecule has 2 N–H and O–H groups in total. The normalized spacial score (nSPS) is 17.5. The van der Waals surface area contributed by atoms with E-state index in [2.05, 4.69) is 55.7 Å². The van der Waals surface area contributed by atoms with Crippen LogP contribution in [0.3, 0.4) is 0 Å². The van der Waals surface area contributed by atoms with Crippen molar-refractivity contribution in [3.8, 4) is 0 Å². The first kappa shape index (κ1) is 19.3. The molecule has 0 aliphatic carbocycles. The van der Waals surface area contributed by atoms with Crippen LogP contribution in [0.1, 0.15) is 58.1 Å². The topological polar surface area (TPSA) is 56.7 Å². The molecule has 25 heavy (non-hydrogen) atoms. The molecule has 1 aromatic carbocycles. The molecule has 0 spiro atoms. The van der Waals surface area contributed by atoms with Gasteiger partial charge in [0, 0.05) is 32.1 Å². The van der Waals surface area contributed by atoms with Gasteiger partial charge in [0.15, 0.2) is 5.96 Å². The van der Waals surface area contributed by atoms with Crippen LogP contribution in [-0.2, 0) is 4.79 Å². The Labute approximate surface area is 151 Å². The van der Waals surface area contributed by atoms with Crippen molar-refractivity contribution in [3.63, 3.8) is 0 Å². The van der Waals surface area contributed by atoms with Crippen molar-refractivity contribution in [1.29, 1.82) is 0 Å². The summed E-state index contributed by atoms with van der Waals surface area (Å²) in [4.78, 5) is 18.7. The summed E-state index contributed by atoms with van der Waals surface area (Å²) in [6.07, 6.45) is 3.61. The minimum atomic E-state index is 0.195. The highest BCUT2D eigenvalue weighted by Gasteiger charge is 2.26. The number of likely N-dealkylation sites (tertiary alicyclic amines) is 1. The first-order valence-electron chi connectivity index (χ1n) is 9.55. The second-order valence-electron chi connectivity index (χ2n) is 6.58. The minimum Gasteiger partial charge on any atom is -0.357 e. The highest BCUT2D eigenvalue weighted by Crippen LogP contribution is 2.18. The van der Waals surface area contributed by atoms with E-state index in [-0.39, 0.29) is 6.04 Å². The molecule has 0 radical (unpaired) electrons. The van der Waals surface area contributed by atoms with E-state index in [1.165, 1.54) is 5.56 Å². The lowest BCUT2D eigenvalue weighted by Gasteiger charge is -2.26. The molecule has 2 rings (SSSR count). The van der Waals surface area contributed by atoms with Gasteiger partial charge in [-0.25, -0.2) is 0 Å². The van der Waals surface area contributed by atoms with Crippen molar-refractivity contribution < 1.29 is 4.79 Å². The lowest BCUT2D eigenvalue weighted by atomic mass is 10.1. The minimum absolute atomic E-state index is 0.195. The molecule has 0 saturated carbocycles. The maximum atomic E-state index is 11.9.